The molecule has 0 radical (unpaired) electrons. The van der Waals surface area contributed by atoms with Crippen molar-refractivity contribution >= 4 is 21.9 Å². The highest BCUT2D eigenvalue weighted by Gasteiger charge is 2.08. The summed E-state index contributed by atoms with van der Waals surface area (Å²) in [5.41, 5.74) is 1.61. The number of nitrogens with zero attached hydrogens (tertiary/aromatic N) is 2. The van der Waals surface area contributed by atoms with Crippen molar-refractivity contribution in [2.45, 2.75) is 18.0 Å². The molecule has 0 atom stereocenters. The first-order chi connectivity index (χ1) is 13.6. The summed E-state index contributed by atoms with van der Waals surface area (Å²) in [6.07, 6.45) is 0. The van der Waals surface area contributed by atoms with E-state index in [2.05, 4.69) is 15.6 Å². The molecule has 0 fully saturated rings. The van der Waals surface area contributed by atoms with Gasteiger partial charge in [-0.25, -0.2) is 22.9 Å². The van der Waals surface area contributed by atoms with Crippen molar-refractivity contribution in [1.29, 1.82) is 0 Å². The highest BCUT2D eigenvalue weighted by atomic mass is 32.2. The number of benzene rings is 2. The van der Waals surface area contributed by atoms with Crippen molar-refractivity contribution in [3.63, 3.8) is 0 Å². The summed E-state index contributed by atoms with van der Waals surface area (Å²) in [7, 11) is -0.444. The average molecular weight is 421 g/mol. The fraction of sp³-hybridized carbons (Fsp3) is 0.263. The number of likely N-dealkylation sites (N-methyl/N-ethyl adjacent to an activating group) is 1. The predicted molar refractivity (Wildman–Crippen MR) is 109 cm³/mol. The van der Waals surface area contributed by atoms with E-state index in [4.69, 9.17) is 5.14 Å². The molecule has 2 rings (SSSR count). The molecule has 8 nitrogen and oxygen atoms in total. The summed E-state index contributed by atoms with van der Waals surface area (Å²) in [5, 5.41) is 11.1. The van der Waals surface area contributed by atoms with E-state index in [1.165, 1.54) is 29.2 Å². The number of nitrogens with two attached hydrogens (primary N) is 1. The van der Waals surface area contributed by atoms with E-state index in [9.17, 15) is 17.6 Å². The van der Waals surface area contributed by atoms with Crippen molar-refractivity contribution in [2.24, 2.45) is 10.1 Å². The van der Waals surface area contributed by atoms with Crippen LogP contribution >= 0.6 is 0 Å². The first-order valence-corrected chi connectivity index (χ1v) is 10.3. The lowest BCUT2D eigenvalue weighted by atomic mass is 10.2. The molecule has 0 saturated carbocycles. The minimum absolute atomic E-state index is 0.0228. The zero-order valence-electron chi connectivity index (χ0n) is 16.2. The topological polar surface area (TPSA) is 117 Å². The van der Waals surface area contributed by atoms with E-state index in [-0.39, 0.29) is 29.7 Å². The Kier molecular flexibility index (Phi) is 7.68. The van der Waals surface area contributed by atoms with Crippen molar-refractivity contribution in [2.75, 3.05) is 20.6 Å². The number of primary sulfonamides is 1. The molecular formula is C19H24FN5O3S. The van der Waals surface area contributed by atoms with Gasteiger partial charge in [-0.15, -0.1) is 0 Å². The third kappa shape index (κ3) is 7.51. The SMILES string of the molecule is CN(C)C(=O)CNC(=NCc1ccc(S(N)(=O)=O)cc1)NCc1ccc(F)cc1. The predicted octanol–water partition coefficient (Wildman–Crippen LogP) is 0.797. The zero-order valence-corrected chi connectivity index (χ0v) is 17.0. The van der Waals surface area contributed by atoms with Crippen LogP contribution in [0.4, 0.5) is 4.39 Å². The van der Waals surface area contributed by atoms with Gasteiger partial charge in [0, 0.05) is 20.6 Å². The number of carbonyl (C=O) groups is 1. The molecule has 2 aromatic carbocycles. The number of carbonyl (C=O) groups excluding carboxylic acids is 1. The second kappa shape index (κ2) is 9.99. The quantitative estimate of drug-likeness (QED) is 0.452. The maximum absolute atomic E-state index is 13.0. The van der Waals surface area contributed by atoms with Gasteiger partial charge in [0.15, 0.2) is 5.96 Å². The maximum atomic E-state index is 13.0. The minimum Gasteiger partial charge on any atom is -0.352 e. The van der Waals surface area contributed by atoms with Gasteiger partial charge in [-0.3, -0.25) is 4.79 Å². The van der Waals surface area contributed by atoms with Crippen LogP contribution in [0.15, 0.2) is 58.4 Å². The van der Waals surface area contributed by atoms with Crippen LogP contribution in [0, 0.1) is 5.82 Å². The number of halogens is 1. The van der Waals surface area contributed by atoms with Crippen LogP contribution in [0.1, 0.15) is 11.1 Å². The van der Waals surface area contributed by atoms with Crippen molar-refractivity contribution in [1.82, 2.24) is 15.5 Å². The Morgan fingerprint density at radius 1 is 1.03 bits per heavy atom. The fourth-order valence-corrected chi connectivity index (χ4v) is 2.75. The van der Waals surface area contributed by atoms with Crippen LogP contribution in [0.5, 0.6) is 0 Å². The van der Waals surface area contributed by atoms with Crippen LogP contribution in [0.3, 0.4) is 0 Å². The van der Waals surface area contributed by atoms with E-state index < -0.39 is 10.0 Å². The first kappa shape index (κ1) is 22.3. The second-order valence-electron chi connectivity index (χ2n) is 6.48. The second-order valence-corrected chi connectivity index (χ2v) is 8.04. The number of hydrogen-bond donors (Lipinski definition) is 3. The molecule has 0 heterocycles. The monoisotopic (exact) mass is 421 g/mol. The zero-order chi connectivity index (χ0) is 21.4. The third-order valence-corrected chi connectivity index (χ3v) is 4.88. The third-order valence-electron chi connectivity index (χ3n) is 3.95. The number of sulfonamides is 1. The van der Waals surface area contributed by atoms with Gasteiger partial charge in [-0.2, -0.15) is 0 Å². The summed E-state index contributed by atoms with van der Waals surface area (Å²) in [6.45, 7) is 0.680. The van der Waals surface area contributed by atoms with Crippen LogP contribution in [-0.2, 0) is 27.9 Å². The van der Waals surface area contributed by atoms with Crippen molar-refractivity contribution in [3.8, 4) is 0 Å². The van der Waals surface area contributed by atoms with Gasteiger partial charge in [0.05, 0.1) is 18.0 Å². The van der Waals surface area contributed by atoms with Gasteiger partial charge in [0.25, 0.3) is 0 Å². The first-order valence-electron chi connectivity index (χ1n) is 8.73. The smallest absolute Gasteiger partial charge is 0.241 e. The van der Waals surface area contributed by atoms with Gasteiger partial charge in [-0.05, 0) is 35.4 Å². The van der Waals surface area contributed by atoms with Gasteiger partial charge in [0.2, 0.25) is 15.9 Å². The lowest BCUT2D eigenvalue weighted by Gasteiger charge is -2.15. The minimum atomic E-state index is -3.75. The highest BCUT2D eigenvalue weighted by Crippen LogP contribution is 2.09. The molecule has 0 spiro atoms. The van der Waals surface area contributed by atoms with Crippen LogP contribution in [0.25, 0.3) is 0 Å². The molecule has 1 amide bonds. The Labute approximate surface area is 169 Å². The molecule has 0 aliphatic heterocycles. The Hall–Kier alpha value is -2.98. The molecule has 0 aliphatic rings. The normalized spacial score (nSPS) is 11.8. The summed E-state index contributed by atoms with van der Waals surface area (Å²) in [4.78, 5) is 17.7. The van der Waals surface area contributed by atoms with E-state index >= 15 is 0 Å². The molecule has 4 N–H and O–H groups in total. The molecule has 0 unspecified atom stereocenters. The standard InChI is InChI=1S/C19H24FN5O3S/c1-25(2)18(26)13-24-19(22-11-14-3-7-16(20)8-4-14)23-12-15-5-9-17(10-6-15)29(21,27)28/h3-10H,11-13H2,1-2H3,(H2,21,27,28)(H2,22,23,24). The van der Waals surface area contributed by atoms with Gasteiger partial charge in [-0.1, -0.05) is 24.3 Å². The Balaban J connectivity index is 2.07. The number of guanidine groups is 1. The summed E-state index contributed by atoms with van der Waals surface area (Å²) >= 11 is 0. The molecule has 0 aromatic heterocycles. The Morgan fingerprint density at radius 2 is 1.62 bits per heavy atom. The van der Waals surface area contributed by atoms with Crippen molar-refractivity contribution in [3.05, 3.63) is 65.5 Å². The van der Waals surface area contributed by atoms with E-state index in [0.29, 0.717) is 12.5 Å². The highest BCUT2D eigenvalue weighted by molar-refractivity contribution is 7.89. The number of amides is 1. The number of nitrogens with one attached hydrogen (secondary N) is 2. The summed E-state index contributed by atoms with van der Waals surface area (Å²) in [5.74, 6) is -0.0564. The van der Waals surface area contributed by atoms with Gasteiger partial charge >= 0.3 is 0 Å². The number of hydrogen-bond acceptors (Lipinski definition) is 4. The molecule has 10 heteroatoms. The van der Waals surface area contributed by atoms with Gasteiger partial charge < -0.3 is 15.5 Å². The number of rotatable bonds is 7. The number of aliphatic imine (C=N–C) groups is 1. The maximum Gasteiger partial charge on any atom is 0.241 e. The lowest BCUT2D eigenvalue weighted by molar-refractivity contribution is -0.127. The molecular weight excluding hydrogens is 397 g/mol. The summed E-state index contributed by atoms with van der Waals surface area (Å²) in [6, 6.07) is 12.1. The van der Waals surface area contributed by atoms with Crippen LogP contribution in [-0.4, -0.2) is 45.8 Å². The molecule has 156 valence electrons. The Morgan fingerprint density at radius 3 is 2.17 bits per heavy atom. The lowest BCUT2D eigenvalue weighted by Crippen LogP contribution is -2.42. The van der Waals surface area contributed by atoms with Gasteiger partial charge in [0.1, 0.15) is 5.82 Å². The van der Waals surface area contributed by atoms with E-state index in [0.717, 1.165) is 11.1 Å². The Bertz CT molecular complexity index is 958. The summed E-state index contributed by atoms with van der Waals surface area (Å²) < 4.78 is 35.7. The molecule has 0 bridgehead atoms. The van der Waals surface area contributed by atoms with E-state index in [1.807, 2.05) is 0 Å². The van der Waals surface area contributed by atoms with Crippen LogP contribution < -0.4 is 15.8 Å². The largest absolute Gasteiger partial charge is 0.352 e. The molecule has 2 aromatic rings. The molecule has 29 heavy (non-hydrogen) atoms. The molecule has 0 saturated heterocycles. The van der Waals surface area contributed by atoms with Crippen molar-refractivity contribution < 1.29 is 17.6 Å². The average Bonchev–Trinajstić information content (AvgIpc) is 2.68. The van der Waals surface area contributed by atoms with E-state index in [1.54, 1.807) is 38.4 Å². The van der Waals surface area contributed by atoms with Crippen LogP contribution in [0.2, 0.25) is 0 Å². The molecule has 0 aliphatic carbocycles. The fourth-order valence-electron chi connectivity index (χ4n) is 2.23.